The summed E-state index contributed by atoms with van der Waals surface area (Å²) in [7, 11) is 0. The van der Waals surface area contributed by atoms with E-state index >= 15 is 0 Å². The van der Waals surface area contributed by atoms with Gasteiger partial charge in [0.25, 0.3) is 0 Å². The van der Waals surface area contributed by atoms with Gasteiger partial charge in [0.15, 0.2) is 0 Å². The summed E-state index contributed by atoms with van der Waals surface area (Å²) in [6, 6.07) is 10.1. The Morgan fingerprint density at radius 1 is 1.28 bits per heavy atom. The largest absolute Gasteiger partial charge is 0.466 e. The molecule has 0 saturated carbocycles. The van der Waals surface area contributed by atoms with Crippen LogP contribution in [0, 0.1) is 12.3 Å². The number of benzene rings is 1. The van der Waals surface area contributed by atoms with E-state index in [4.69, 9.17) is 9.26 Å². The first-order valence-electron chi connectivity index (χ1n) is 11.4. The normalized spacial score (nSPS) is 19.2. The van der Waals surface area contributed by atoms with Crippen molar-refractivity contribution in [2.45, 2.75) is 53.1 Å². The van der Waals surface area contributed by atoms with E-state index in [0.29, 0.717) is 19.6 Å². The first kappa shape index (κ1) is 22.3. The van der Waals surface area contributed by atoms with E-state index in [2.05, 4.69) is 45.6 Å². The third-order valence-corrected chi connectivity index (χ3v) is 6.27. The molecule has 1 aliphatic heterocycles. The van der Waals surface area contributed by atoms with Gasteiger partial charge in [0.2, 0.25) is 0 Å². The minimum absolute atomic E-state index is 0.151. The van der Waals surface area contributed by atoms with Crippen molar-refractivity contribution >= 4 is 5.97 Å². The summed E-state index contributed by atoms with van der Waals surface area (Å²) in [6.45, 7) is 9.61. The Morgan fingerprint density at radius 2 is 2.16 bits per heavy atom. The molecule has 4 rings (SSSR count). The monoisotopic (exact) mass is 436 g/mol. The van der Waals surface area contributed by atoms with Crippen molar-refractivity contribution in [1.82, 2.24) is 19.6 Å². The Labute approximate surface area is 189 Å². The van der Waals surface area contributed by atoms with E-state index in [0.717, 1.165) is 55.2 Å². The summed E-state index contributed by atoms with van der Waals surface area (Å²) in [5.74, 6) is 0.567. The predicted molar refractivity (Wildman–Crippen MR) is 122 cm³/mol. The maximum atomic E-state index is 13.2. The predicted octanol–water partition coefficient (Wildman–Crippen LogP) is 4.25. The first-order chi connectivity index (χ1) is 15.5. The highest BCUT2D eigenvalue weighted by atomic mass is 16.5. The molecule has 1 aliphatic rings. The van der Waals surface area contributed by atoms with Crippen LogP contribution in [0.2, 0.25) is 0 Å². The second-order valence-electron chi connectivity index (χ2n) is 8.71. The topological polar surface area (TPSA) is 73.4 Å². The van der Waals surface area contributed by atoms with Crippen LogP contribution in [0.4, 0.5) is 0 Å². The van der Waals surface area contributed by atoms with E-state index in [1.165, 1.54) is 5.56 Å². The van der Waals surface area contributed by atoms with Gasteiger partial charge in [0.1, 0.15) is 11.5 Å². The summed E-state index contributed by atoms with van der Waals surface area (Å²) in [5, 5.41) is 4.28. The van der Waals surface area contributed by atoms with Gasteiger partial charge < -0.3 is 13.8 Å². The molecule has 1 fully saturated rings. The standard InChI is InChI=1S/C25H32N4O3/c1-4-29-18-26-15-21(29)16-28-11-7-10-25(17-28,24(30)31-5-2)14-22-13-23(27-32-22)20-9-6-8-19(3)12-20/h6,8-9,12-13,15,18H,4-5,7,10-11,14,16-17H2,1-3H3. The molecule has 0 amide bonds. The van der Waals surface area contributed by atoms with E-state index in [1.807, 2.05) is 37.6 Å². The van der Waals surface area contributed by atoms with Gasteiger partial charge in [0.05, 0.1) is 24.0 Å². The Hall–Kier alpha value is -2.93. The number of aromatic nitrogens is 3. The summed E-state index contributed by atoms with van der Waals surface area (Å²) in [4.78, 5) is 19.8. The van der Waals surface area contributed by atoms with Crippen molar-refractivity contribution in [3.8, 4) is 11.3 Å². The molecule has 1 saturated heterocycles. The van der Waals surface area contributed by atoms with Crippen molar-refractivity contribution in [1.29, 1.82) is 0 Å². The van der Waals surface area contributed by atoms with Crippen molar-refractivity contribution in [2.24, 2.45) is 5.41 Å². The molecule has 170 valence electrons. The van der Waals surface area contributed by atoms with Crippen LogP contribution in [0.3, 0.4) is 0 Å². The van der Waals surface area contributed by atoms with Crippen LogP contribution >= 0.6 is 0 Å². The molecule has 7 nitrogen and oxygen atoms in total. The minimum Gasteiger partial charge on any atom is -0.466 e. The lowest BCUT2D eigenvalue weighted by molar-refractivity contribution is -0.159. The number of likely N-dealkylation sites (tertiary alicyclic amines) is 1. The zero-order chi connectivity index (χ0) is 22.6. The van der Waals surface area contributed by atoms with Crippen LogP contribution in [0.5, 0.6) is 0 Å². The molecule has 1 atom stereocenters. The number of piperidine rings is 1. The number of esters is 1. The van der Waals surface area contributed by atoms with Gasteiger partial charge in [-0.15, -0.1) is 0 Å². The number of hydrogen-bond acceptors (Lipinski definition) is 6. The van der Waals surface area contributed by atoms with Gasteiger partial charge in [-0.05, 0) is 46.2 Å². The Kier molecular flexibility index (Phi) is 6.74. The fourth-order valence-electron chi connectivity index (χ4n) is 4.69. The molecule has 2 aromatic heterocycles. The summed E-state index contributed by atoms with van der Waals surface area (Å²) in [6.07, 6.45) is 5.95. The van der Waals surface area contributed by atoms with Crippen LogP contribution in [0.1, 0.15) is 43.7 Å². The molecule has 7 heteroatoms. The number of rotatable bonds is 8. The molecule has 0 N–H and O–H groups in total. The highest BCUT2D eigenvalue weighted by Crippen LogP contribution is 2.36. The maximum absolute atomic E-state index is 13.2. The van der Waals surface area contributed by atoms with Crippen LogP contribution < -0.4 is 0 Å². The SMILES string of the molecule is CCOC(=O)C1(Cc2cc(-c3cccc(C)c3)no2)CCCN(Cc2cncn2CC)C1. The molecule has 0 bridgehead atoms. The van der Waals surface area contributed by atoms with Gasteiger partial charge in [-0.3, -0.25) is 9.69 Å². The number of imidazole rings is 1. The number of nitrogens with zero attached hydrogens (tertiary/aromatic N) is 4. The maximum Gasteiger partial charge on any atom is 0.313 e. The number of carbonyl (C=O) groups excluding carboxylic acids is 1. The molecule has 0 spiro atoms. The highest BCUT2D eigenvalue weighted by molar-refractivity contribution is 5.77. The Morgan fingerprint density at radius 3 is 2.94 bits per heavy atom. The molecule has 3 aromatic rings. The average molecular weight is 437 g/mol. The molecule has 3 heterocycles. The third kappa shape index (κ3) is 4.78. The quantitative estimate of drug-likeness (QED) is 0.492. The van der Waals surface area contributed by atoms with Gasteiger partial charge >= 0.3 is 5.97 Å². The van der Waals surface area contributed by atoms with Crippen molar-refractivity contribution in [3.63, 3.8) is 0 Å². The third-order valence-electron chi connectivity index (χ3n) is 6.27. The molecule has 1 unspecified atom stereocenters. The van der Waals surface area contributed by atoms with Crippen molar-refractivity contribution in [3.05, 3.63) is 59.9 Å². The lowest BCUT2D eigenvalue weighted by atomic mass is 9.76. The lowest BCUT2D eigenvalue weighted by Gasteiger charge is -2.40. The van der Waals surface area contributed by atoms with Crippen molar-refractivity contribution in [2.75, 3.05) is 19.7 Å². The van der Waals surface area contributed by atoms with Crippen LogP contribution in [-0.4, -0.2) is 45.3 Å². The Balaban J connectivity index is 1.56. The highest BCUT2D eigenvalue weighted by Gasteiger charge is 2.44. The first-order valence-corrected chi connectivity index (χ1v) is 11.4. The minimum atomic E-state index is -0.644. The molecular weight excluding hydrogens is 404 g/mol. The van der Waals surface area contributed by atoms with E-state index < -0.39 is 5.41 Å². The lowest BCUT2D eigenvalue weighted by Crippen LogP contribution is -2.49. The molecule has 1 aromatic carbocycles. The second kappa shape index (κ2) is 9.69. The fourth-order valence-corrected chi connectivity index (χ4v) is 4.69. The molecule has 32 heavy (non-hydrogen) atoms. The summed E-state index contributed by atoms with van der Waals surface area (Å²) >= 11 is 0. The molecule has 0 radical (unpaired) electrons. The number of hydrogen-bond donors (Lipinski definition) is 0. The fraction of sp³-hybridized carbons (Fsp3) is 0.480. The van der Waals surface area contributed by atoms with E-state index in [1.54, 1.807) is 0 Å². The van der Waals surface area contributed by atoms with Crippen LogP contribution in [0.25, 0.3) is 11.3 Å². The van der Waals surface area contributed by atoms with E-state index in [9.17, 15) is 4.79 Å². The van der Waals surface area contributed by atoms with Gasteiger partial charge in [-0.2, -0.15) is 0 Å². The second-order valence-corrected chi connectivity index (χ2v) is 8.71. The zero-order valence-corrected chi connectivity index (χ0v) is 19.2. The van der Waals surface area contributed by atoms with E-state index in [-0.39, 0.29) is 5.97 Å². The average Bonchev–Trinajstić information content (AvgIpc) is 3.43. The van der Waals surface area contributed by atoms with Crippen LogP contribution in [0.15, 0.2) is 47.4 Å². The number of aryl methyl sites for hydroxylation is 2. The molecule has 0 aliphatic carbocycles. The van der Waals surface area contributed by atoms with Crippen molar-refractivity contribution < 1.29 is 14.1 Å². The molecular formula is C25H32N4O3. The van der Waals surface area contributed by atoms with Gasteiger partial charge in [0, 0.05) is 43.9 Å². The summed E-state index contributed by atoms with van der Waals surface area (Å²) in [5.41, 5.74) is 3.50. The summed E-state index contributed by atoms with van der Waals surface area (Å²) < 4.78 is 13.4. The zero-order valence-electron chi connectivity index (χ0n) is 19.2. The van der Waals surface area contributed by atoms with Gasteiger partial charge in [-0.25, -0.2) is 4.98 Å². The number of carbonyl (C=O) groups is 1. The smallest absolute Gasteiger partial charge is 0.313 e. The van der Waals surface area contributed by atoms with Crippen LogP contribution in [-0.2, 0) is 29.0 Å². The Bertz CT molecular complexity index is 1060. The van der Waals surface area contributed by atoms with Gasteiger partial charge in [-0.1, -0.05) is 28.9 Å². The number of ether oxygens (including phenoxy) is 1.